The van der Waals surface area contributed by atoms with Crippen molar-refractivity contribution in [1.29, 1.82) is 0 Å². The lowest BCUT2D eigenvalue weighted by Crippen LogP contribution is -2.46. The summed E-state index contributed by atoms with van der Waals surface area (Å²) in [6, 6.07) is 0. The monoisotopic (exact) mass is 345 g/mol. The highest BCUT2D eigenvalue weighted by Crippen LogP contribution is 2.04. The SMILES string of the molecule is CC(=O)ON1C=CC(=S)CC1.CC(=O)ON1CCCNC1=S. The average molecular weight is 345 g/mol. The van der Waals surface area contributed by atoms with Crippen LogP contribution in [0.25, 0.3) is 0 Å². The van der Waals surface area contributed by atoms with Crippen LogP contribution in [0.4, 0.5) is 0 Å². The van der Waals surface area contributed by atoms with E-state index in [0.717, 1.165) is 24.3 Å². The summed E-state index contributed by atoms with van der Waals surface area (Å²) in [5.41, 5.74) is 0. The van der Waals surface area contributed by atoms with E-state index in [1.165, 1.54) is 24.0 Å². The molecule has 0 radical (unpaired) electrons. The Kier molecular flexibility index (Phi) is 7.75. The predicted octanol–water partition coefficient (Wildman–Crippen LogP) is 1.10. The quantitative estimate of drug-likeness (QED) is 0.741. The summed E-state index contributed by atoms with van der Waals surface area (Å²) in [6.07, 6.45) is 5.15. The summed E-state index contributed by atoms with van der Waals surface area (Å²) < 4.78 is 0. The van der Waals surface area contributed by atoms with E-state index < -0.39 is 0 Å². The van der Waals surface area contributed by atoms with Gasteiger partial charge in [-0.3, -0.25) is 9.59 Å². The summed E-state index contributed by atoms with van der Waals surface area (Å²) in [6.45, 7) is 4.94. The second kappa shape index (κ2) is 9.31. The molecular weight excluding hydrogens is 326 g/mol. The van der Waals surface area contributed by atoms with Crippen LogP contribution in [0.5, 0.6) is 0 Å². The molecule has 7 nitrogen and oxygen atoms in total. The highest BCUT2D eigenvalue weighted by Gasteiger charge is 2.16. The minimum Gasteiger partial charge on any atom is -0.360 e. The first-order valence-electron chi connectivity index (χ1n) is 6.78. The van der Waals surface area contributed by atoms with Crippen molar-refractivity contribution >= 4 is 46.4 Å². The summed E-state index contributed by atoms with van der Waals surface area (Å²) >= 11 is 9.80. The Morgan fingerprint density at radius 2 is 1.86 bits per heavy atom. The van der Waals surface area contributed by atoms with Crippen molar-refractivity contribution in [3.8, 4) is 0 Å². The molecule has 1 N–H and O–H groups in total. The molecule has 0 amide bonds. The van der Waals surface area contributed by atoms with Crippen molar-refractivity contribution in [2.24, 2.45) is 0 Å². The Hall–Kier alpha value is -1.74. The van der Waals surface area contributed by atoms with Crippen molar-refractivity contribution in [3.05, 3.63) is 12.3 Å². The Morgan fingerprint density at radius 1 is 1.18 bits per heavy atom. The molecule has 0 spiro atoms. The van der Waals surface area contributed by atoms with E-state index in [1.807, 2.05) is 0 Å². The Balaban J connectivity index is 0.000000220. The molecule has 0 bridgehead atoms. The van der Waals surface area contributed by atoms with Crippen LogP contribution in [0.2, 0.25) is 0 Å². The molecule has 9 heteroatoms. The van der Waals surface area contributed by atoms with Gasteiger partial charge < -0.3 is 15.0 Å². The Bertz CT molecular complexity index is 482. The van der Waals surface area contributed by atoms with Gasteiger partial charge in [-0.1, -0.05) is 12.2 Å². The molecule has 2 aliphatic heterocycles. The molecule has 1 saturated heterocycles. The molecular formula is C13H19N3O4S2. The first-order chi connectivity index (χ1) is 10.4. The van der Waals surface area contributed by atoms with Gasteiger partial charge in [-0.05, 0) is 24.7 Å². The molecule has 0 aromatic carbocycles. The van der Waals surface area contributed by atoms with Crippen molar-refractivity contribution in [2.45, 2.75) is 26.7 Å². The van der Waals surface area contributed by atoms with E-state index in [1.54, 1.807) is 12.3 Å². The number of carbonyl (C=O) groups excluding carboxylic acids is 2. The average Bonchev–Trinajstić information content (AvgIpc) is 2.44. The smallest absolute Gasteiger partial charge is 0.329 e. The lowest BCUT2D eigenvalue weighted by Gasteiger charge is -2.27. The molecule has 0 aromatic heterocycles. The van der Waals surface area contributed by atoms with E-state index in [4.69, 9.17) is 34.1 Å². The lowest BCUT2D eigenvalue weighted by atomic mass is 10.2. The van der Waals surface area contributed by atoms with Crippen LogP contribution in [0, 0.1) is 0 Å². The predicted molar refractivity (Wildman–Crippen MR) is 88.5 cm³/mol. The molecule has 2 aliphatic rings. The minimum atomic E-state index is -0.337. The van der Waals surface area contributed by atoms with Crippen molar-refractivity contribution in [3.63, 3.8) is 0 Å². The summed E-state index contributed by atoms with van der Waals surface area (Å²) in [5.74, 6) is -0.640. The van der Waals surface area contributed by atoms with Crippen molar-refractivity contribution in [2.75, 3.05) is 19.6 Å². The van der Waals surface area contributed by atoms with Crippen molar-refractivity contribution < 1.29 is 19.3 Å². The number of carbonyl (C=O) groups is 2. The largest absolute Gasteiger partial charge is 0.360 e. The first kappa shape index (κ1) is 18.3. The number of nitrogens with zero attached hydrogens (tertiary/aromatic N) is 2. The minimum absolute atomic E-state index is 0.303. The third-order valence-corrected chi connectivity index (χ3v) is 3.22. The third kappa shape index (κ3) is 7.32. The van der Waals surface area contributed by atoms with Crippen LogP contribution < -0.4 is 5.32 Å². The van der Waals surface area contributed by atoms with Gasteiger partial charge in [-0.15, -0.1) is 0 Å². The van der Waals surface area contributed by atoms with E-state index >= 15 is 0 Å². The molecule has 0 saturated carbocycles. The third-order valence-electron chi connectivity index (χ3n) is 2.53. The molecule has 22 heavy (non-hydrogen) atoms. The number of hydroxylamine groups is 4. The molecule has 0 aliphatic carbocycles. The van der Waals surface area contributed by atoms with E-state index in [2.05, 4.69) is 5.32 Å². The number of rotatable bonds is 2. The molecule has 0 atom stereocenters. The standard InChI is InChI=1S/C7H9NO2S.C6H10N2O2S/c1-6(9)10-8-4-2-7(11)3-5-8;1-5(9)10-8-4-2-3-7-6(8)11/h2,4H,3,5H2,1H3;2-4H2,1H3,(H,7,11). The van der Waals surface area contributed by atoms with Crippen molar-refractivity contribution in [1.82, 2.24) is 15.4 Å². The fourth-order valence-electron chi connectivity index (χ4n) is 1.64. The van der Waals surface area contributed by atoms with Gasteiger partial charge in [0.2, 0.25) is 5.11 Å². The van der Waals surface area contributed by atoms with Crippen LogP contribution in [0.3, 0.4) is 0 Å². The van der Waals surface area contributed by atoms with Gasteiger partial charge in [-0.25, -0.2) is 5.06 Å². The maximum atomic E-state index is 10.5. The van der Waals surface area contributed by atoms with Gasteiger partial charge >= 0.3 is 11.9 Å². The summed E-state index contributed by atoms with van der Waals surface area (Å²) in [5, 5.41) is 6.30. The van der Waals surface area contributed by atoms with Gasteiger partial charge in [0, 0.05) is 37.9 Å². The zero-order valence-corrected chi connectivity index (χ0v) is 14.2. The Morgan fingerprint density at radius 3 is 2.36 bits per heavy atom. The fourth-order valence-corrected chi connectivity index (χ4v) is 2.02. The number of hydrogen-bond acceptors (Lipinski definition) is 7. The molecule has 122 valence electrons. The van der Waals surface area contributed by atoms with Gasteiger partial charge in [0.15, 0.2) is 0 Å². The highest BCUT2D eigenvalue weighted by molar-refractivity contribution is 7.80. The maximum Gasteiger partial charge on any atom is 0.329 e. The molecule has 2 rings (SSSR count). The van der Waals surface area contributed by atoms with Crippen LogP contribution >= 0.6 is 24.4 Å². The molecule has 1 fully saturated rings. The van der Waals surface area contributed by atoms with E-state index in [0.29, 0.717) is 18.2 Å². The number of nitrogens with one attached hydrogen (secondary N) is 1. The molecule has 0 unspecified atom stereocenters. The van der Waals surface area contributed by atoms with E-state index in [9.17, 15) is 9.59 Å². The summed E-state index contributed by atoms with van der Waals surface area (Å²) in [7, 11) is 0. The number of hydrogen-bond donors (Lipinski definition) is 1. The topological polar surface area (TPSA) is 71.1 Å². The fraction of sp³-hybridized carbons (Fsp3) is 0.538. The van der Waals surface area contributed by atoms with Gasteiger partial charge in [0.1, 0.15) is 0 Å². The molecule has 0 aromatic rings. The number of thiocarbonyl (C=S) groups is 2. The van der Waals surface area contributed by atoms with Crippen LogP contribution in [0.1, 0.15) is 26.7 Å². The molecule has 2 heterocycles. The normalized spacial score (nSPS) is 17.2. The van der Waals surface area contributed by atoms with Gasteiger partial charge in [0.25, 0.3) is 0 Å². The van der Waals surface area contributed by atoms with E-state index in [-0.39, 0.29) is 11.9 Å². The van der Waals surface area contributed by atoms with Crippen LogP contribution in [-0.2, 0) is 19.3 Å². The second-order valence-electron chi connectivity index (χ2n) is 4.53. The van der Waals surface area contributed by atoms with Crippen LogP contribution in [0.15, 0.2) is 12.3 Å². The van der Waals surface area contributed by atoms with Gasteiger partial charge in [-0.2, -0.15) is 5.06 Å². The highest BCUT2D eigenvalue weighted by atomic mass is 32.1. The van der Waals surface area contributed by atoms with Crippen LogP contribution in [-0.4, -0.2) is 51.7 Å². The Labute approximate surface area is 140 Å². The first-order valence-corrected chi connectivity index (χ1v) is 7.60. The van der Waals surface area contributed by atoms with Gasteiger partial charge in [0.05, 0.1) is 13.1 Å². The second-order valence-corrected chi connectivity index (χ2v) is 5.44. The zero-order valence-electron chi connectivity index (χ0n) is 12.5. The number of allylic oxidation sites excluding steroid dienone is 1. The zero-order chi connectivity index (χ0) is 16.5. The maximum absolute atomic E-state index is 10.5. The lowest BCUT2D eigenvalue weighted by molar-refractivity contribution is -0.175. The summed E-state index contributed by atoms with van der Waals surface area (Å²) in [4.78, 5) is 31.4.